The van der Waals surface area contributed by atoms with Gasteiger partial charge in [0.15, 0.2) is 5.65 Å². The first kappa shape index (κ1) is 10.9. The van der Waals surface area contributed by atoms with E-state index >= 15 is 0 Å². The highest BCUT2D eigenvalue weighted by Crippen LogP contribution is 2.24. The van der Waals surface area contributed by atoms with Crippen molar-refractivity contribution in [2.45, 2.75) is 24.1 Å². The van der Waals surface area contributed by atoms with Gasteiger partial charge < -0.3 is 5.11 Å². The predicted molar refractivity (Wildman–Crippen MR) is 60.7 cm³/mol. The van der Waals surface area contributed by atoms with E-state index in [1.807, 2.05) is 19.1 Å². The number of aromatic nitrogens is 3. The number of aliphatic carboxylic acids is 1. The summed E-state index contributed by atoms with van der Waals surface area (Å²) >= 11 is 1.26. The summed E-state index contributed by atoms with van der Waals surface area (Å²) in [6, 6.07) is 3.81. The quantitative estimate of drug-likeness (QED) is 0.821. The van der Waals surface area contributed by atoms with Gasteiger partial charge in [0.1, 0.15) is 16.6 Å². The number of pyridine rings is 1. The van der Waals surface area contributed by atoms with E-state index in [9.17, 15) is 4.79 Å². The van der Waals surface area contributed by atoms with E-state index in [2.05, 4.69) is 10.1 Å². The van der Waals surface area contributed by atoms with Crippen molar-refractivity contribution in [3.8, 4) is 0 Å². The molecule has 0 radical (unpaired) electrons. The fourth-order valence-electron chi connectivity index (χ4n) is 1.34. The molecule has 1 unspecified atom stereocenters. The van der Waals surface area contributed by atoms with Crippen LogP contribution in [0.4, 0.5) is 0 Å². The van der Waals surface area contributed by atoms with Crippen molar-refractivity contribution in [3.05, 3.63) is 24.0 Å². The molecule has 0 aliphatic heterocycles. The molecule has 2 aromatic heterocycles. The molecule has 6 heteroatoms. The minimum Gasteiger partial charge on any atom is -0.480 e. The smallest absolute Gasteiger partial charge is 0.316 e. The first-order valence-electron chi connectivity index (χ1n) is 4.78. The van der Waals surface area contributed by atoms with E-state index in [0.717, 1.165) is 16.2 Å². The number of hydrogen-bond donors (Lipinski definition) is 1. The van der Waals surface area contributed by atoms with Crippen molar-refractivity contribution in [1.29, 1.82) is 0 Å². The molecule has 1 N–H and O–H groups in total. The number of nitrogens with zero attached hydrogens (tertiary/aromatic N) is 3. The fraction of sp³-hybridized carbons (Fsp3) is 0.300. The number of fused-ring (bicyclic) bond motifs is 1. The Kier molecular flexibility index (Phi) is 2.82. The maximum atomic E-state index is 10.8. The van der Waals surface area contributed by atoms with Gasteiger partial charge in [-0.15, -0.1) is 0 Å². The Hall–Kier alpha value is -1.56. The second kappa shape index (κ2) is 4.13. The number of carbonyl (C=O) groups is 1. The van der Waals surface area contributed by atoms with E-state index in [1.165, 1.54) is 18.1 Å². The van der Waals surface area contributed by atoms with Crippen LogP contribution in [0.5, 0.6) is 0 Å². The van der Waals surface area contributed by atoms with Gasteiger partial charge in [0.05, 0.1) is 0 Å². The first-order valence-corrected chi connectivity index (χ1v) is 5.66. The number of aryl methyl sites for hydroxylation is 1. The van der Waals surface area contributed by atoms with E-state index in [1.54, 1.807) is 11.4 Å². The van der Waals surface area contributed by atoms with Gasteiger partial charge in [-0.3, -0.25) is 4.79 Å². The second-order valence-corrected chi connectivity index (χ2v) is 4.86. The van der Waals surface area contributed by atoms with E-state index in [0.29, 0.717) is 0 Å². The highest BCUT2D eigenvalue weighted by molar-refractivity contribution is 8.00. The van der Waals surface area contributed by atoms with Crippen LogP contribution >= 0.6 is 11.8 Å². The molecule has 2 aromatic rings. The molecule has 16 heavy (non-hydrogen) atoms. The Morgan fingerprint density at radius 1 is 1.56 bits per heavy atom. The van der Waals surface area contributed by atoms with Crippen molar-refractivity contribution >= 4 is 23.4 Å². The van der Waals surface area contributed by atoms with Gasteiger partial charge in [0.25, 0.3) is 0 Å². The molecule has 84 valence electrons. The summed E-state index contributed by atoms with van der Waals surface area (Å²) in [4.78, 5) is 14.9. The van der Waals surface area contributed by atoms with Gasteiger partial charge in [0, 0.05) is 0 Å². The van der Waals surface area contributed by atoms with Crippen molar-refractivity contribution in [3.63, 3.8) is 0 Å². The molecule has 0 fully saturated rings. The maximum absolute atomic E-state index is 10.8. The normalized spacial score (nSPS) is 12.9. The Bertz CT molecular complexity index is 538. The Balaban J connectivity index is 2.42. The van der Waals surface area contributed by atoms with Crippen LogP contribution in [0, 0.1) is 6.92 Å². The zero-order valence-electron chi connectivity index (χ0n) is 8.91. The average Bonchev–Trinajstić information content (AvgIpc) is 2.65. The minimum absolute atomic E-state index is 0.505. The van der Waals surface area contributed by atoms with Gasteiger partial charge in [-0.2, -0.15) is 5.10 Å². The van der Waals surface area contributed by atoms with Crippen LogP contribution in [0.2, 0.25) is 0 Å². The monoisotopic (exact) mass is 237 g/mol. The lowest BCUT2D eigenvalue weighted by Crippen LogP contribution is -2.12. The van der Waals surface area contributed by atoms with E-state index in [-0.39, 0.29) is 0 Å². The largest absolute Gasteiger partial charge is 0.480 e. The summed E-state index contributed by atoms with van der Waals surface area (Å²) in [5.74, 6) is -0.834. The zero-order valence-corrected chi connectivity index (χ0v) is 9.73. The van der Waals surface area contributed by atoms with Crippen molar-refractivity contribution < 1.29 is 9.90 Å². The van der Waals surface area contributed by atoms with Gasteiger partial charge in [-0.05, 0) is 31.5 Å². The van der Waals surface area contributed by atoms with Crippen LogP contribution in [0.25, 0.3) is 5.65 Å². The van der Waals surface area contributed by atoms with Gasteiger partial charge in [-0.1, -0.05) is 11.8 Å². The highest BCUT2D eigenvalue weighted by Gasteiger charge is 2.15. The van der Waals surface area contributed by atoms with Crippen molar-refractivity contribution in [2.24, 2.45) is 0 Å². The fourth-order valence-corrected chi connectivity index (χ4v) is 2.29. The third kappa shape index (κ3) is 2.01. The molecule has 2 heterocycles. The zero-order chi connectivity index (χ0) is 11.7. The predicted octanol–water partition coefficient (Wildman–Crippen LogP) is 1.60. The average molecular weight is 237 g/mol. The lowest BCUT2D eigenvalue weighted by Gasteiger charge is -2.08. The summed E-state index contributed by atoms with van der Waals surface area (Å²) in [5, 5.41) is 13.2. The molecule has 2 rings (SSSR count). The molecule has 1 atom stereocenters. The van der Waals surface area contributed by atoms with Crippen LogP contribution < -0.4 is 0 Å². The molecule has 5 nitrogen and oxygen atoms in total. The maximum Gasteiger partial charge on any atom is 0.316 e. The van der Waals surface area contributed by atoms with Gasteiger partial charge in [-0.25, -0.2) is 9.50 Å². The molecule has 0 spiro atoms. The number of rotatable bonds is 3. The lowest BCUT2D eigenvalue weighted by molar-refractivity contribution is -0.136. The molecule has 0 aliphatic carbocycles. The number of carboxylic acids is 1. The van der Waals surface area contributed by atoms with E-state index in [4.69, 9.17) is 5.11 Å². The summed E-state index contributed by atoms with van der Waals surface area (Å²) < 4.78 is 1.65. The molecule has 0 aliphatic rings. The molecule has 0 amide bonds. The standard InChI is InChI=1S/C10H11N3O2S/c1-6-3-8-11-5-12-13(8)9(4-6)16-7(2)10(14)15/h3-5,7H,1-2H3,(H,14,15). The Morgan fingerprint density at radius 3 is 3.00 bits per heavy atom. The molecule has 0 saturated heterocycles. The van der Waals surface area contributed by atoms with Gasteiger partial charge in [0.2, 0.25) is 0 Å². The summed E-state index contributed by atoms with van der Waals surface area (Å²) in [6.45, 7) is 3.60. The molecular formula is C10H11N3O2S. The third-order valence-electron chi connectivity index (χ3n) is 2.14. The molecule has 0 saturated carbocycles. The molecule has 0 bridgehead atoms. The molecule has 0 aromatic carbocycles. The molecular weight excluding hydrogens is 226 g/mol. The van der Waals surface area contributed by atoms with Crippen LogP contribution in [0.1, 0.15) is 12.5 Å². The van der Waals surface area contributed by atoms with Crippen LogP contribution in [-0.2, 0) is 4.79 Å². The number of hydrogen-bond acceptors (Lipinski definition) is 4. The van der Waals surface area contributed by atoms with E-state index < -0.39 is 11.2 Å². The van der Waals surface area contributed by atoms with Gasteiger partial charge >= 0.3 is 5.97 Å². The summed E-state index contributed by atoms with van der Waals surface area (Å²) in [7, 11) is 0. The Morgan fingerprint density at radius 2 is 2.31 bits per heavy atom. The SMILES string of the molecule is Cc1cc(SC(C)C(=O)O)n2ncnc2c1. The van der Waals surface area contributed by atoms with Crippen molar-refractivity contribution in [1.82, 2.24) is 14.6 Å². The summed E-state index contributed by atoms with van der Waals surface area (Å²) in [5.41, 5.74) is 1.78. The summed E-state index contributed by atoms with van der Waals surface area (Å²) in [6.07, 6.45) is 1.46. The highest BCUT2D eigenvalue weighted by atomic mass is 32.2. The number of carboxylic acid groups (broad SMARTS) is 1. The Labute approximate surface area is 96.5 Å². The van der Waals surface area contributed by atoms with Crippen LogP contribution in [0.3, 0.4) is 0 Å². The second-order valence-electron chi connectivity index (χ2n) is 3.50. The van der Waals surface area contributed by atoms with Crippen molar-refractivity contribution in [2.75, 3.05) is 0 Å². The lowest BCUT2D eigenvalue weighted by atomic mass is 10.3. The minimum atomic E-state index is -0.834. The van der Waals surface area contributed by atoms with Crippen LogP contribution in [0.15, 0.2) is 23.5 Å². The number of thioether (sulfide) groups is 1. The topological polar surface area (TPSA) is 67.5 Å². The first-order chi connectivity index (χ1) is 7.58. The van der Waals surface area contributed by atoms with Crippen LogP contribution in [-0.4, -0.2) is 30.9 Å². The third-order valence-corrected chi connectivity index (χ3v) is 3.22.